The fourth-order valence-corrected chi connectivity index (χ4v) is 1.29. The zero-order valence-electron chi connectivity index (χ0n) is 10.4. The number of amides is 1. The summed E-state index contributed by atoms with van der Waals surface area (Å²) in [5.74, 6) is 1.08. The lowest BCUT2D eigenvalue weighted by molar-refractivity contribution is -0.118. The van der Waals surface area contributed by atoms with Gasteiger partial charge in [-0.05, 0) is 25.1 Å². The van der Waals surface area contributed by atoms with Gasteiger partial charge in [-0.15, -0.1) is 0 Å². The second-order valence-electron chi connectivity index (χ2n) is 3.43. The van der Waals surface area contributed by atoms with E-state index in [0.717, 1.165) is 5.56 Å². The van der Waals surface area contributed by atoms with E-state index in [1.807, 2.05) is 6.07 Å². The van der Waals surface area contributed by atoms with Gasteiger partial charge in [-0.3, -0.25) is 4.79 Å². The number of hydrogen-bond acceptors (Lipinski definition) is 4. The van der Waals surface area contributed by atoms with Crippen LogP contribution in [-0.2, 0) is 4.79 Å². The van der Waals surface area contributed by atoms with E-state index in [4.69, 9.17) is 9.47 Å². The van der Waals surface area contributed by atoms with Crippen LogP contribution in [0, 0.1) is 0 Å². The molecule has 0 bridgehead atoms. The molecular weight excluding hydrogens is 220 g/mol. The van der Waals surface area contributed by atoms with Crippen molar-refractivity contribution < 1.29 is 14.3 Å². The smallest absolute Gasteiger partial charge is 0.236 e. The zero-order chi connectivity index (χ0) is 12.8. The molecule has 0 radical (unpaired) electrons. The van der Waals surface area contributed by atoms with Crippen LogP contribution in [0.1, 0.15) is 19.4 Å². The Morgan fingerprint density at radius 3 is 2.35 bits per heavy atom. The maximum atomic E-state index is 10.7. The highest BCUT2D eigenvalue weighted by Gasteiger charge is 2.06. The number of carbonyl (C=O) groups excluding carboxylic acids is 1. The van der Waals surface area contributed by atoms with Gasteiger partial charge in [0.25, 0.3) is 0 Å². The van der Waals surface area contributed by atoms with Gasteiger partial charge < -0.3 is 9.47 Å². The average Bonchev–Trinajstić information content (AvgIpc) is 2.34. The molecule has 1 aromatic carbocycles. The zero-order valence-corrected chi connectivity index (χ0v) is 10.4. The molecule has 0 atom stereocenters. The fraction of sp³-hybridized carbons (Fsp3) is 0.333. The van der Waals surface area contributed by atoms with E-state index in [1.54, 1.807) is 33.3 Å². The first-order chi connectivity index (χ1) is 8.08. The van der Waals surface area contributed by atoms with Gasteiger partial charge in [0.2, 0.25) is 5.91 Å². The number of nitrogens with zero attached hydrogens (tertiary/aromatic N) is 1. The molecular formula is C12H16N2O3. The van der Waals surface area contributed by atoms with Crippen LogP contribution in [0.5, 0.6) is 11.5 Å². The molecule has 92 valence electrons. The molecule has 1 rings (SSSR count). The lowest BCUT2D eigenvalue weighted by Gasteiger charge is -2.09. The highest BCUT2D eigenvalue weighted by atomic mass is 16.5. The summed E-state index contributed by atoms with van der Waals surface area (Å²) < 4.78 is 10.3. The van der Waals surface area contributed by atoms with Gasteiger partial charge in [0, 0.05) is 12.5 Å². The Balaban J connectivity index is 2.99. The fourth-order valence-electron chi connectivity index (χ4n) is 1.29. The SMILES string of the molecule is COc1ccc(/C(C)=N/NC(C)=O)cc1OC. The summed E-state index contributed by atoms with van der Waals surface area (Å²) in [5, 5.41) is 3.95. The Morgan fingerprint density at radius 2 is 1.82 bits per heavy atom. The van der Waals surface area contributed by atoms with Gasteiger partial charge in [-0.1, -0.05) is 0 Å². The summed E-state index contributed by atoms with van der Waals surface area (Å²) in [6, 6.07) is 5.45. The molecule has 17 heavy (non-hydrogen) atoms. The number of rotatable bonds is 4. The minimum absolute atomic E-state index is 0.204. The molecule has 0 aliphatic rings. The van der Waals surface area contributed by atoms with Gasteiger partial charge in [-0.2, -0.15) is 5.10 Å². The summed E-state index contributed by atoms with van der Waals surface area (Å²) in [5.41, 5.74) is 3.94. The largest absolute Gasteiger partial charge is 0.493 e. The molecule has 0 saturated carbocycles. The molecule has 0 aliphatic carbocycles. The van der Waals surface area contributed by atoms with Crippen molar-refractivity contribution in [3.8, 4) is 11.5 Å². The van der Waals surface area contributed by atoms with E-state index >= 15 is 0 Å². The monoisotopic (exact) mass is 236 g/mol. The molecule has 0 spiro atoms. The van der Waals surface area contributed by atoms with Gasteiger partial charge in [-0.25, -0.2) is 5.43 Å². The number of hydrazone groups is 1. The van der Waals surface area contributed by atoms with E-state index < -0.39 is 0 Å². The van der Waals surface area contributed by atoms with Crippen LogP contribution in [0.3, 0.4) is 0 Å². The first-order valence-corrected chi connectivity index (χ1v) is 5.11. The summed E-state index contributed by atoms with van der Waals surface area (Å²) in [4.78, 5) is 10.7. The first kappa shape index (κ1) is 13.0. The maximum absolute atomic E-state index is 10.7. The Kier molecular flexibility index (Phi) is 4.51. The molecule has 1 N–H and O–H groups in total. The number of carbonyl (C=O) groups is 1. The highest BCUT2D eigenvalue weighted by molar-refractivity contribution is 5.99. The third kappa shape index (κ3) is 3.48. The molecule has 0 fully saturated rings. The predicted octanol–water partition coefficient (Wildman–Crippen LogP) is 1.56. The lowest BCUT2D eigenvalue weighted by Crippen LogP contribution is -2.15. The molecule has 0 unspecified atom stereocenters. The molecule has 1 amide bonds. The van der Waals surface area contributed by atoms with E-state index in [-0.39, 0.29) is 5.91 Å². The summed E-state index contributed by atoms with van der Waals surface area (Å²) in [7, 11) is 3.15. The van der Waals surface area contributed by atoms with Gasteiger partial charge in [0.05, 0.1) is 19.9 Å². The van der Waals surface area contributed by atoms with Crippen molar-refractivity contribution in [2.24, 2.45) is 5.10 Å². The Hall–Kier alpha value is -2.04. The first-order valence-electron chi connectivity index (χ1n) is 5.11. The van der Waals surface area contributed by atoms with Crippen molar-refractivity contribution in [1.82, 2.24) is 5.43 Å². The summed E-state index contributed by atoms with van der Waals surface area (Å²) >= 11 is 0. The Morgan fingerprint density at radius 1 is 1.18 bits per heavy atom. The molecule has 5 heteroatoms. The quantitative estimate of drug-likeness (QED) is 0.637. The van der Waals surface area contributed by atoms with Crippen molar-refractivity contribution in [3.05, 3.63) is 23.8 Å². The van der Waals surface area contributed by atoms with Crippen LogP contribution in [0.4, 0.5) is 0 Å². The second-order valence-corrected chi connectivity index (χ2v) is 3.43. The van der Waals surface area contributed by atoms with Gasteiger partial charge in [0.1, 0.15) is 0 Å². The number of hydrogen-bond donors (Lipinski definition) is 1. The molecule has 5 nitrogen and oxygen atoms in total. The lowest BCUT2D eigenvalue weighted by atomic mass is 10.1. The standard InChI is InChI=1S/C12H16N2O3/c1-8(13-14-9(2)15)10-5-6-11(16-3)12(7-10)17-4/h5-7H,1-4H3,(H,14,15)/b13-8+. The maximum Gasteiger partial charge on any atom is 0.236 e. The summed E-state index contributed by atoms with van der Waals surface area (Å²) in [6.07, 6.45) is 0. The topological polar surface area (TPSA) is 59.9 Å². The highest BCUT2D eigenvalue weighted by Crippen LogP contribution is 2.27. The van der Waals surface area contributed by atoms with Crippen LogP contribution >= 0.6 is 0 Å². The van der Waals surface area contributed by atoms with Crippen LogP contribution in [0.2, 0.25) is 0 Å². The van der Waals surface area contributed by atoms with Gasteiger partial charge >= 0.3 is 0 Å². The van der Waals surface area contributed by atoms with Crippen LogP contribution < -0.4 is 14.9 Å². The third-order valence-corrected chi connectivity index (χ3v) is 2.18. The Bertz CT molecular complexity index is 441. The number of ether oxygens (including phenoxy) is 2. The third-order valence-electron chi connectivity index (χ3n) is 2.18. The van der Waals surface area contributed by atoms with E-state index in [1.165, 1.54) is 6.92 Å². The van der Waals surface area contributed by atoms with E-state index in [9.17, 15) is 4.79 Å². The average molecular weight is 236 g/mol. The van der Waals surface area contributed by atoms with Crippen LogP contribution in [0.25, 0.3) is 0 Å². The predicted molar refractivity (Wildman–Crippen MR) is 65.6 cm³/mol. The number of nitrogens with one attached hydrogen (secondary N) is 1. The number of benzene rings is 1. The van der Waals surface area contributed by atoms with Crippen molar-refractivity contribution >= 4 is 11.6 Å². The van der Waals surface area contributed by atoms with Crippen LogP contribution in [-0.4, -0.2) is 25.8 Å². The van der Waals surface area contributed by atoms with Crippen molar-refractivity contribution in [3.63, 3.8) is 0 Å². The van der Waals surface area contributed by atoms with Crippen LogP contribution in [0.15, 0.2) is 23.3 Å². The molecule has 1 aromatic rings. The van der Waals surface area contributed by atoms with Gasteiger partial charge in [0.15, 0.2) is 11.5 Å². The second kappa shape index (κ2) is 5.89. The number of methoxy groups -OCH3 is 2. The van der Waals surface area contributed by atoms with Crippen molar-refractivity contribution in [2.75, 3.05) is 14.2 Å². The Labute approximate surface area is 100 Å². The van der Waals surface area contributed by atoms with Crippen molar-refractivity contribution in [2.45, 2.75) is 13.8 Å². The minimum Gasteiger partial charge on any atom is -0.493 e. The molecule has 0 heterocycles. The molecule has 0 aromatic heterocycles. The molecule has 0 saturated heterocycles. The normalized spacial score (nSPS) is 10.9. The summed E-state index contributed by atoms with van der Waals surface area (Å²) in [6.45, 7) is 3.21. The molecule has 0 aliphatic heterocycles. The van der Waals surface area contributed by atoms with Crippen molar-refractivity contribution in [1.29, 1.82) is 0 Å². The van der Waals surface area contributed by atoms with E-state index in [0.29, 0.717) is 17.2 Å². The van der Waals surface area contributed by atoms with E-state index in [2.05, 4.69) is 10.5 Å². The minimum atomic E-state index is -0.204.